The van der Waals surface area contributed by atoms with E-state index < -0.39 is 0 Å². The minimum atomic E-state index is -0.0455. The molecule has 0 spiro atoms. The Balaban J connectivity index is 2.21. The molecule has 1 heterocycles. The normalized spacial score (nSPS) is 17.5. The third-order valence-electron chi connectivity index (χ3n) is 3.50. The number of hydrogen-bond acceptors (Lipinski definition) is 2. The van der Waals surface area contributed by atoms with Crippen LogP contribution < -0.4 is 0 Å². The van der Waals surface area contributed by atoms with Gasteiger partial charge in [-0.25, -0.2) is 0 Å². The predicted octanol–water partition coefficient (Wildman–Crippen LogP) is 2.66. The molecule has 0 unspecified atom stereocenters. The van der Waals surface area contributed by atoms with Gasteiger partial charge in [0.25, 0.3) is 0 Å². The van der Waals surface area contributed by atoms with Crippen molar-refractivity contribution in [1.29, 1.82) is 0 Å². The van der Waals surface area contributed by atoms with E-state index in [1.807, 2.05) is 11.7 Å². The molecule has 4 heteroatoms. The lowest BCUT2D eigenvalue weighted by Gasteiger charge is -2.07. The van der Waals surface area contributed by atoms with Crippen LogP contribution in [-0.2, 0) is 24.7 Å². The number of ketones is 1. The largest absolute Gasteiger partial charge is 0.299 e. The van der Waals surface area contributed by atoms with Crippen LogP contribution in [0.15, 0.2) is 4.47 Å². The Morgan fingerprint density at radius 2 is 2.19 bits per heavy atom. The Hall–Kier alpha value is -0.640. The van der Waals surface area contributed by atoms with Gasteiger partial charge in [0.05, 0.1) is 22.3 Å². The molecule has 1 aliphatic carbocycles. The zero-order chi connectivity index (χ0) is 11.9. The van der Waals surface area contributed by atoms with Crippen LogP contribution in [0.25, 0.3) is 0 Å². The number of rotatable bonds is 4. The first-order valence-corrected chi connectivity index (χ1v) is 6.51. The fourth-order valence-corrected chi connectivity index (χ4v) is 2.60. The maximum atomic E-state index is 12.0. The van der Waals surface area contributed by atoms with Crippen LogP contribution in [0.4, 0.5) is 0 Å². The van der Waals surface area contributed by atoms with Gasteiger partial charge in [-0.15, -0.1) is 0 Å². The maximum absolute atomic E-state index is 12.0. The van der Waals surface area contributed by atoms with Crippen LogP contribution in [0.2, 0.25) is 0 Å². The standard InChI is InChI=1S/C12H17BrN2O/c1-4-8-11(13)9(15(3)14-8)7-10(16)12(2)5-6-12/h4-7H2,1-3H3. The molecule has 88 valence electrons. The van der Waals surface area contributed by atoms with E-state index in [0.29, 0.717) is 12.2 Å². The molecule has 0 saturated heterocycles. The lowest BCUT2D eigenvalue weighted by Crippen LogP contribution is -2.16. The van der Waals surface area contributed by atoms with Crippen molar-refractivity contribution in [3.63, 3.8) is 0 Å². The summed E-state index contributed by atoms with van der Waals surface area (Å²) in [6.07, 6.45) is 3.48. The number of hydrogen-bond donors (Lipinski definition) is 0. The van der Waals surface area contributed by atoms with Crippen molar-refractivity contribution >= 4 is 21.7 Å². The van der Waals surface area contributed by atoms with Gasteiger partial charge in [0.2, 0.25) is 0 Å². The topological polar surface area (TPSA) is 34.9 Å². The third-order valence-corrected chi connectivity index (χ3v) is 4.42. The summed E-state index contributed by atoms with van der Waals surface area (Å²) in [5.41, 5.74) is 2.00. The Labute approximate surface area is 104 Å². The van der Waals surface area contributed by atoms with Crippen LogP contribution in [-0.4, -0.2) is 15.6 Å². The second-order valence-corrected chi connectivity index (χ2v) is 5.64. The van der Waals surface area contributed by atoms with Crippen LogP contribution in [0, 0.1) is 5.41 Å². The fraction of sp³-hybridized carbons (Fsp3) is 0.667. The molecule has 1 aliphatic rings. The van der Waals surface area contributed by atoms with Crippen LogP contribution >= 0.6 is 15.9 Å². The zero-order valence-electron chi connectivity index (χ0n) is 10.0. The highest BCUT2D eigenvalue weighted by atomic mass is 79.9. The molecule has 1 aromatic rings. The maximum Gasteiger partial charge on any atom is 0.144 e. The highest BCUT2D eigenvalue weighted by Crippen LogP contribution is 2.46. The molecule has 2 rings (SSSR count). The van der Waals surface area contributed by atoms with E-state index in [1.165, 1.54) is 0 Å². The Morgan fingerprint density at radius 3 is 2.62 bits per heavy atom. The number of aromatic nitrogens is 2. The van der Waals surface area contributed by atoms with Crippen molar-refractivity contribution in [2.75, 3.05) is 0 Å². The fourth-order valence-electron chi connectivity index (χ4n) is 1.84. The molecule has 0 aliphatic heterocycles. The molecule has 1 fully saturated rings. The zero-order valence-corrected chi connectivity index (χ0v) is 11.6. The predicted molar refractivity (Wildman–Crippen MR) is 66.3 cm³/mol. The SMILES string of the molecule is CCc1nn(C)c(CC(=O)C2(C)CC2)c1Br. The Kier molecular flexibility index (Phi) is 2.95. The van der Waals surface area contributed by atoms with Crippen molar-refractivity contribution in [2.24, 2.45) is 12.5 Å². The van der Waals surface area contributed by atoms with E-state index in [4.69, 9.17) is 0 Å². The molecular formula is C12H17BrN2O. The molecular weight excluding hydrogens is 268 g/mol. The van der Waals surface area contributed by atoms with Crippen LogP contribution in [0.5, 0.6) is 0 Å². The molecule has 1 aromatic heterocycles. The van der Waals surface area contributed by atoms with Gasteiger partial charge in [-0.05, 0) is 35.2 Å². The highest BCUT2D eigenvalue weighted by Gasteiger charge is 2.44. The Bertz CT molecular complexity index is 432. The van der Waals surface area contributed by atoms with Crippen LogP contribution in [0.3, 0.4) is 0 Å². The van der Waals surface area contributed by atoms with Crippen molar-refractivity contribution in [3.8, 4) is 0 Å². The lowest BCUT2D eigenvalue weighted by atomic mass is 9.99. The second-order valence-electron chi connectivity index (χ2n) is 4.85. The van der Waals surface area contributed by atoms with Gasteiger partial charge < -0.3 is 0 Å². The van der Waals surface area contributed by atoms with Gasteiger partial charge in [-0.3, -0.25) is 9.48 Å². The van der Waals surface area contributed by atoms with Gasteiger partial charge in [0, 0.05) is 12.5 Å². The molecule has 0 amide bonds. The van der Waals surface area contributed by atoms with Gasteiger partial charge in [0.1, 0.15) is 5.78 Å². The molecule has 0 bridgehead atoms. The summed E-state index contributed by atoms with van der Waals surface area (Å²) in [5, 5.41) is 4.40. The highest BCUT2D eigenvalue weighted by molar-refractivity contribution is 9.10. The summed E-state index contributed by atoms with van der Waals surface area (Å²) in [4.78, 5) is 12.0. The van der Waals surface area contributed by atoms with Crippen molar-refractivity contribution < 1.29 is 4.79 Å². The van der Waals surface area contributed by atoms with Crippen molar-refractivity contribution in [3.05, 3.63) is 15.9 Å². The average molecular weight is 285 g/mol. The van der Waals surface area contributed by atoms with E-state index in [1.54, 1.807) is 0 Å². The first-order chi connectivity index (χ1) is 7.48. The molecule has 16 heavy (non-hydrogen) atoms. The Morgan fingerprint density at radius 1 is 1.56 bits per heavy atom. The quantitative estimate of drug-likeness (QED) is 0.852. The van der Waals surface area contributed by atoms with E-state index >= 15 is 0 Å². The van der Waals surface area contributed by atoms with Crippen molar-refractivity contribution in [2.45, 2.75) is 39.5 Å². The number of carbonyl (C=O) groups is 1. The summed E-state index contributed by atoms with van der Waals surface area (Å²) in [6, 6.07) is 0. The monoisotopic (exact) mass is 284 g/mol. The van der Waals surface area contributed by atoms with Crippen molar-refractivity contribution in [1.82, 2.24) is 9.78 Å². The van der Waals surface area contributed by atoms with Gasteiger partial charge in [0.15, 0.2) is 0 Å². The van der Waals surface area contributed by atoms with Crippen LogP contribution in [0.1, 0.15) is 38.1 Å². The van der Waals surface area contributed by atoms with Gasteiger partial charge >= 0.3 is 0 Å². The number of halogens is 1. The number of carbonyl (C=O) groups excluding carboxylic acids is 1. The first kappa shape index (κ1) is 11.8. The van der Waals surface area contributed by atoms with E-state index in [0.717, 1.165) is 35.1 Å². The summed E-state index contributed by atoms with van der Waals surface area (Å²) >= 11 is 3.54. The number of Topliss-reactive ketones (excluding diaryl/α,β-unsaturated/α-hetero) is 1. The van der Waals surface area contributed by atoms with E-state index in [9.17, 15) is 4.79 Å². The van der Waals surface area contributed by atoms with Gasteiger partial charge in [-0.1, -0.05) is 13.8 Å². The smallest absolute Gasteiger partial charge is 0.144 e. The van der Waals surface area contributed by atoms with E-state index in [-0.39, 0.29) is 5.41 Å². The summed E-state index contributed by atoms with van der Waals surface area (Å²) in [5.74, 6) is 0.346. The second kappa shape index (κ2) is 3.99. The molecule has 0 radical (unpaired) electrons. The summed E-state index contributed by atoms with van der Waals surface area (Å²) < 4.78 is 2.84. The molecule has 0 N–H and O–H groups in total. The summed E-state index contributed by atoms with van der Waals surface area (Å²) in [6.45, 7) is 4.13. The molecule has 0 atom stereocenters. The molecule has 0 aromatic carbocycles. The average Bonchev–Trinajstić information content (AvgIpc) is 2.94. The number of aryl methyl sites for hydroxylation is 2. The van der Waals surface area contributed by atoms with Gasteiger partial charge in [-0.2, -0.15) is 5.10 Å². The number of nitrogens with zero attached hydrogens (tertiary/aromatic N) is 2. The molecule has 3 nitrogen and oxygen atoms in total. The first-order valence-electron chi connectivity index (χ1n) is 5.71. The minimum Gasteiger partial charge on any atom is -0.299 e. The summed E-state index contributed by atoms with van der Waals surface area (Å²) in [7, 11) is 1.90. The third kappa shape index (κ3) is 1.95. The molecule has 1 saturated carbocycles. The van der Waals surface area contributed by atoms with E-state index in [2.05, 4.69) is 34.9 Å². The lowest BCUT2D eigenvalue weighted by molar-refractivity contribution is -0.123. The minimum absolute atomic E-state index is 0.0455.